The van der Waals surface area contributed by atoms with Crippen molar-refractivity contribution < 1.29 is 28.9 Å². The van der Waals surface area contributed by atoms with Gasteiger partial charge in [-0.15, -0.1) is 0 Å². The fourth-order valence-electron chi connectivity index (χ4n) is 12.0. The highest BCUT2D eigenvalue weighted by molar-refractivity contribution is 5.69. The van der Waals surface area contributed by atoms with Gasteiger partial charge in [0.15, 0.2) is 6.29 Å². The fraction of sp³-hybridized carbons (Fsp3) is 0.959. The summed E-state index contributed by atoms with van der Waals surface area (Å²) in [5, 5.41) is 11.1. The summed E-state index contributed by atoms with van der Waals surface area (Å²) >= 11 is 0. The van der Waals surface area contributed by atoms with Gasteiger partial charge >= 0.3 is 11.9 Å². The number of ether oxygens (including phenoxy) is 3. The number of aliphatic hydroxyl groups excluding tert-OH is 1. The molecule has 1 N–H and O–H groups in total. The molecule has 4 bridgehead atoms. The van der Waals surface area contributed by atoms with Crippen LogP contribution in [0.4, 0.5) is 0 Å². The number of nitrogens with zero attached hydrogens (tertiary/aromatic N) is 1. The molecule has 0 amide bonds. The third-order valence-corrected chi connectivity index (χ3v) is 14.9. The predicted molar refractivity (Wildman–Crippen MR) is 231 cm³/mol. The number of carbonyl (C=O) groups excluding carboxylic acids is 2. The molecule has 4 fully saturated rings. The number of rotatable bonds is 36. The quantitative estimate of drug-likeness (QED) is 0.0384. The number of hydrogen-bond donors (Lipinski definition) is 1. The number of aliphatic hydroxyl groups is 1. The van der Waals surface area contributed by atoms with E-state index >= 15 is 0 Å². The molecule has 7 nitrogen and oxygen atoms in total. The molecule has 0 radical (unpaired) electrons. The van der Waals surface area contributed by atoms with E-state index in [1.54, 1.807) is 0 Å². The van der Waals surface area contributed by atoms with E-state index in [1.807, 2.05) is 0 Å². The first kappa shape index (κ1) is 49.2. The van der Waals surface area contributed by atoms with E-state index in [0.717, 1.165) is 77.4 Å². The maximum Gasteiger partial charge on any atom is 0.306 e. The minimum Gasteiger partial charge on any atom is -0.466 e. The zero-order valence-electron chi connectivity index (χ0n) is 37.8. The van der Waals surface area contributed by atoms with Gasteiger partial charge in [0.1, 0.15) is 0 Å². The fourth-order valence-corrected chi connectivity index (χ4v) is 12.0. The summed E-state index contributed by atoms with van der Waals surface area (Å²) < 4.78 is 18.4. The molecule has 0 aromatic heterocycles. The molecule has 5 unspecified atom stereocenters. The molecule has 4 aliphatic carbocycles. The predicted octanol–water partition coefficient (Wildman–Crippen LogP) is 12.6. The summed E-state index contributed by atoms with van der Waals surface area (Å²) in [7, 11) is 0. The monoisotopic (exact) mass is 790 g/mol. The highest BCUT2D eigenvalue weighted by atomic mass is 16.6. The molecule has 0 heterocycles. The summed E-state index contributed by atoms with van der Waals surface area (Å²) in [4.78, 5) is 28.5. The van der Waals surface area contributed by atoms with E-state index in [4.69, 9.17) is 14.2 Å². The van der Waals surface area contributed by atoms with Crippen LogP contribution in [-0.2, 0) is 23.8 Å². The molecule has 4 saturated carbocycles. The Labute approximate surface area is 345 Å². The van der Waals surface area contributed by atoms with Crippen molar-refractivity contribution in [2.45, 2.75) is 228 Å². The van der Waals surface area contributed by atoms with Crippen LogP contribution in [0.1, 0.15) is 221 Å². The van der Waals surface area contributed by atoms with Gasteiger partial charge in [-0.1, -0.05) is 131 Å². The summed E-state index contributed by atoms with van der Waals surface area (Å²) in [6.07, 6.45) is 30.0. The Morgan fingerprint density at radius 2 is 1.12 bits per heavy atom. The van der Waals surface area contributed by atoms with Crippen molar-refractivity contribution in [1.82, 2.24) is 4.90 Å². The average Bonchev–Trinajstić information content (AvgIpc) is 3.49. The Morgan fingerprint density at radius 1 is 0.625 bits per heavy atom. The smallest absolute Gasteiger partial charge is 0.306 e. The van der Waals surface area contributed by atoms with E-state index in [-0.39, 0.29) is 28.2 Å². The Bertz CT molecular complexity index is 1050. The highest BCUT2D eigenvalue weighted by Crippen LogP contribution is 2.79. The van der Waals surface area contributed by atoms with Crippen molar-refractivity contribution in [2.24, 2.45) is 34.0 Å². The summed E-state index contributed by atoms with van der Waals surface area (Å²) in [6.45, 7) is 17.9. The van der Waals surface area contributed by atoms with Crippen LogP contribution in [0.15, 0.2) is 0 Å². The van der Waals surface area contributed by atoms with Crippen LogP contribution in [0.25, 0.3) is 0 Å². The lowest BCUT2D eigenvalue weighted by Gasteiger charge is -2.41. The normalized spacial score (nSPS) is 24.6. The van der Waals surface area contributed by atoms with Crippen LogP contribution >= 0.6 is 0 Å². The van der Waals surface area contributed by atoms with Gasteiger partial charge in [-0.05, 0) is 124 Å². The van der Waals surface area contributed by atoms with E-state index < -0.39 is 6.29 Å². The van der Waals surface area contributed by atoms with Crippen molar-refractivity contribution in [3.63, 3.8) is 0 Å². The van der Waals surface area contributed by atoms with Gasteiger partial charge < -0.3 is 24.2 Å². The number of carbonyl (C=O) groups is 2. The first-order valence-corrected chi connectivity index (χ1v) is 24.4. The summed E-state index contributed by atoms with van der Waals surface area (Å²) in [5.74, 6) is 1.56. The lowest BCUT2D eigenvalue weighted by atomic mass is 9.64. The first-order chi connectivity index (χ1) is 27.1. The van der Waals surface area contributed by atoms with Gasteiger partial charge in [0.2, 0.25) is 0 Å². The standard InChI is InChI=1S/C49H91NO6/c1-7-13-17-22-41(23-18-14-8-2)34-45(52)55-31-27-47-36-43-37-48(39-47,28-32-54-44(51)26-21-30-50(11-5)12-6)49(38-43,40-47)29-33-56-46(53)35-42(24-19-15-9-3)25-20-16-10-4/h41-43,45,52H,7-40H2,1-6H3. The molecule has 0 saturated heterocycles. The molecule has 7 heteroatoms. The third kappa shape index (κ3) is 16.1. The molecule has 5 atom stereocenters. The number of esters is 2. The van der Waals surface area contributed by atoms with Gasteiger partial charge in [0.05, 0.1) is 19.8 Å². The molecular formula is C49H91NO6. The van der Waals surface area contributed by atoms with Gasteiger partial charge in [0, 0.05) is 19.3 Å². The summed E-state index contributed by atoms with van der Waals surface area (Å²) in [6, 6.07) is 0. The minimum absolute atomic E-state index is 0.00964. The topological polar surface area (TPSA) is 85.3 Å². The molecule has 0 aliphatic heterocycles. The minimum atomic E-state index is -0.689. The maximum absolute atomic E-state index is 13.3. The number of hydrogen-bond acceptors (Lipinski definition) is 7. The Balaban J connectivity index is 1.63. The molecule has 56 heavy (non-hydrogen) atoms. The third-order valence-electron chi connectivity index (χ3n) is 14.9. The van der Waals surface area contributed by atoms with Gasteiger partial charge in [-0.25, -0.2) is 0 Å². The van der Waals surface area contributed by atoms with Crippen molar-refractivity contribution in [1.29, 1.82) is 0 Å². The van der Waals surface area contributed by atoms with E-state index in [9.17, 15) is 14.7 Å². The lowest BCUT2D eigenvalue weighted by molar-refractivity contribution is -0.148. The van der Waals surface area contributed by atoms with E-state index in [1.165, 1.54) is 109 Å². The lowest BCUT2D eigenvalue weighted by Crippen LogP contribution is -2.35. The largest absolute Gasteiger partial charge is 0.466 e. The second kappa shape index (κ2) is 26.8. The molecule has 0 aromatic rings. The average molecular weight is 790 g/mol. The van der Waals surface area contributed by atoms with Crippen LogP contribution in [-0.4, -0.2) is 67.7 Å². The van der Waals surface area contributed by atoms with Crippen LogP contribution in [0.2, 0.25) is 0 Å². The van der Waals surface area contributed by atoms with Gasteiger partial charge in [-0.2, -0.15) is 0 Å². The zero-order chi connectivity index (χ0) is 40.7. The molecule has 0 spiro atoms. The van der Waals surface area contributed by atoms with Crippen LogP contribution in [0, 0.1) is 34.0 Å². The second-order valence-electron chi connectivity index (χ2n) is 19.2. The molecule has 4 aliphatic rings. The molecular weight excluding hydrogens is 699 g/mol. The Morgan fingerprint density at radius 3 is 1.62 bits per heavy atom. The Kier molecular flexibility index (Phi) is 23.6. The van der Waals surface area contributed by atoms with Gasteiger partial charge in [-0.3, -0.25) is 9.59 Å². The Hall–Kier alpha value is -1.18. The van der Waals surface area contributed by atoms with Crippen molar-refractivity contribution in [3.8, 4) is 0 Å². The first-order valence-electron chi connectivity index (χ1n) is 24.4. The van der Waals surface area contributed by atoms with Crippen molar-refractivity contribution in [3.05, 3.63) is 0 Å². The van der Waals surface area contributed by atoms with Crippen LogP contribution in [0.5, 0.6) is 0 Å². The zero-order valence-corrected chi connectivity index (χ0v) is 37.8. The van der Waals surface area contributed by atoms with Crippen molar-refractivity contribution >= 4 is 11.9 Å². The highest BCUT2D eigenvalue weighted by Gasteiger charge is 2.70. The van der Waals surface area contributed by atoms with Gasteiger partial charge in [0.25, 0.3) is 0 Å². The number of unbranched alkanes of at least 4 members (excludes halogenated alkanes) is 8. The maximum atomic E-state index is 13.3. The molecule has 328 valence electrons. The van der Waals surface area contributed by atoms with Crippen molar-refractivity contribution in [2.75, 3.05) is 39.5 Å². The molecule has 4 rings (SSSR count). The SMILES string of the molecule is CCCCCC(CCCCC)CC(=O)OCCC12CC3CC(CCOC(O)CC(CCCCC)CCCCC)(CC1(CCOC(=O)CCCN(CC)CC)C3)C2. The van der Waals surface area contributed by atoms with E-state index in [2.05, 4.69) is 46.4 Å². The second-order valence-corrected chi connectivity index (χ2v) is 19.2. The summed E-state index contributed by atoms with van der Waals surface area (Å²) in [5.41, 5.74) is 0.397. The van der Waals surface area contributed by atoms with Crippen LogP contribution < -0.4 is 0 Å². The van der Waals surface area contributed by atoms with E-state index in [0.29, 0.717) is 50.4 Å². The van der Waals surface area contributed by atoms with Crippen LogP contribution in [0.3, 0.4) is 0 Å². The molecule has 0 aromatic carbocycles.